The third-order valence-electron chi connectivity index (χ3n) is 12.0. The average molecular weight is 654 g/mol. The zero-order valence-corrected chi connectivity index (χ0v) is 33.3. The van der Waals surface area contributed by atoms with Gasteiger partial charge in [-0.3, -0.25) is 9.05 Å². The minimum absolute atomic E-state index is 0.0143. The summed E-state index contributed by atoms with van der Waals surface area (Å²) in [4.78, 5) is 12.7. The van der Waals surface area contributed by atoms with Crippen molar-refractivity contribution in [3.8, 4) is 11.5 Å². The number of benzene rings is 2. The van der Waals surface area contributed by atoms with Crippen LogP contribution in [0.2, 0.25) is 0 Å². The van der Waals surface area contributed by atoms with E-state index in [0.29, 0.717) is 6.16 Å². The molecule has 0 saturated carbocycles. The third kappa shape index (κ3) is 8.34. The summed E-state index contributed by atoms with van der Waals surface area (Å²) in [5, 5.41) is 0. The molecule has 1 N–H and O–H groups in total. The van der Waals surface area contributed by atoms with Crippen LogP contribution in [0, 0.1) is 0 Å². The summed E-state index contributed by atoms with van der Waals surface area (Å²) < 4.78 is 14.1. The van der Waals surface area contributed by atoms with Crippen molar-refractivity contribution in [2.75, 3.05) is 6.16 Å². The van der Waals surface area contributed by atoms with Crippen LogP contribution in [0.25, 0.3) is 0 Å². The Morgan fingerprint density at radius 3 is 1.30 bits per heavy atom. The van der Waals surface area contributed by atoms with Gasteiger partial charge in [-0.2, -0.15) is 4.89 Å². The maximum atomic E-state index is 12.7. The quantitative estimate of drug-likeness (QED) is 0.154. The first kappa shape index (κ1) is 38.9. The summed E-state index contributed by atoms with van der Waals surface area (Å²) in [5.74, 6) is 1.75. The highest BCUT2D eigenvalue weighted by Crippen LogP contribution is 2.64. The zero-order chi connectivity index (χ0) is 34.7. The van der Waals surface area contributed by atoms with Crippen LogP contribution in [-0.4, -0.2) is 11.1 Å². The van der Waals surface area contributed by atoms with Gasteiger partial charge in [-0.25, -0.2) is 0 Å². The molecule has 1 aliphatic heterocycles. The molecule has 2 aromatic rings. The first-order valence-electron chi connectivity index (χ1n) is 18.7. The molecule has 3 rings (SSSR count). The normalized spacial score (nSPS) is 19.1. The van der Waals surface area contributed by atoms with Crippen LogP contribution < -0.4 is 9.05 Å². The van der Waals surface area contributed by atoms with E-state index in [-0.39, 0.29) is 27.6 Å². The fraction of sp³-hybridized carbons (Fsp3) is 0.714. The number of hydrogen-bond donors (Lipinski definition) is 1. The van der Waals surface area contributed by atoms with E-state index in [1.165, 1.54) is 59.1 Å². The molecule has 1 heterocycles. The van der Waals surface area contributed by atoms with Crippen molar-refractivity contribution in [3.63, 3.8) is 0 Å². The summed E-state index contributed by atoms with van der Waals surface area (Å²) in [6, 6.07) is 9.59. The lowest BCUT2D eigenvalue weighted by Crippen LogP contribution is -2.27. The summed E-state index contributed by atoms with van der Waals surface area (Å²) in [6.45, 7) is 32.4. The number of rotatable bonds is 15. The largest absolute Gasteiger partial charge is 0.495 e. The number of unbranched alkanes of at least 4 members (excludes halogenated alkanes) is 5. The van der Waals surface area contributed by atoms with Crippen LogP contribution in [0.15, 0.2) is 24.3 Å². The van der Waals surface area contributed by atoms with Gasteiger partial charge in [-0.15, -0.1) is 0 Å². The van der Waals surface area contributed by atoms with Gasteiger partial charge in [0.2, 0.25) is 0 Å². The fourth-order valence-electron chi connectivity index (χ4n) is 6.38. The molecular weight excluding hydrogens is 583 g/mol. The average Bonchev–Trinajstić information content (AvgIpc) is 3.01. The lowest BCUT2D eigenvalue weighted by molar-refractivity contribution is 0.324. The van der Waals surface area contributed by atoms with Crippen LogP contribution in [-0.2, 0) is 21.7 Å². The Balaban J connectivity index is 2.44. The van der Waals surface area contributed by atoms with E-state index in [0.717, 1.165) is 50.0 Å². The molecule has 0 bridgehead atoms. The third-order valence-corrected chi connectivity index (χ3v) is 13.8. The van der Waals surface area contributed by atoms with Crippen molar-refractivity contribution in [1.29, 1.82) is 0 Å². The summed E-state index contributed by atoms with van der Waals surface area (Å²) in [6.07, 6.45) is 11.5. The second kappa shape index (κ2) is 14.9. The topological polar surface area (TPSA) is 38.7 Å². The Labute approximate surface area is 285 Å². The Morgan fingerprint density at radius 1 is 0.565 bits per heavy atom. The van der Waals surface area contributed by atoms with Gasteiger partial charge in [0.15, 0.2) is 17.7 Å². The smallest absolute Gasteiger partial charge is 0.277 e. The summed E-state index contributed by atoms with van der Waals surface area (Å²) >= 11 is 0. The predicted octanol–water partition coefficient (Wildman–Crippen LogP) is 13.5. The van der Waals surface area contributed by atoms with E-state index in [4.69, 9.17) is 9.05 Å². The van der Waals surface area contributed by atoms with Crippen molar-refractivity contribution in [2.45, 2.75) is 189 Å². The molecule has 0 spiro atoms. The molecule has 0 aliphatic carbocycles. The molecule has 0 atom stereocenters. The van der Waals surface area contributed by atoms with Gasteiger partial charge in [-0.05, 0) is 71.3 Å². The van der Waals surface area contributed by atoms with Gasteiger partial charge >= 0.3 is 7.94 Å². The molecule has 0 fully saturated rings. The zero-order valence-electron chi connectivity index (χ0n) is 32.4. The molecule has 0 aromatic heterocycles. The van der Waals surface area contributed by atoms with Gasteiger partial charge in [0.1, 0.15) is 0 Å². The Bertz CT molecular complexity index is 1230. The molecule has 0 unspecified atom stereocenters. The lowest BCUT2D eigenvalue weighted by atomic mass is 9.72. The van der Waals surface area contributed by atoms with Gasteiger partial charge in [-0.1, -0.05) is 147 Å². The first-order valence-corrected chi connectivity index (χ1v) is 20.5. The van der Waals surface area contributed by atoms with Crippen molar-refractivity contribution < 1.29 is 13.9 Å². The maximum absolute atomic E-state index is 12.7. The van der Waals surface area contributed by atoms with E-state index in [1.807, 2.05) is 0 Å². The van der Waals surface area contributed by atoms with Gasteiger partial charge < -0.3 is 0 Å². The highest BCUT2D eigenvalue weighted by Gasteiger charge is 2.50. The van der Waals surface area contributed by atoms with Gasteiger partial charge in [0.05, 0.1) is 0 Å². The summed E-state index contributed by atoms with van der Waals surface area (Å²) in [5.41, 5.74) is 7.24. The SMILES string of the molecule is CCCCCCCC[P+]1(O)Oc2c(cc(C(C)(C)CC)cc2C(C)(C)CC)C(C)c2cc(C(C)(C)CC)cc(C(C)(C)CC)c2O1. The molecule has 2 aromatic carbocycles. The van der Waals surface area contributed by atoms with Crippen molar-refractivity contribution in [3.05, 3.63) is 57.6 Å². The second-order valence-corrected chi connectivity index (χ2v) is 19.0. The predicted molar refractivity (Wildman–Crippen MR) is 202 cm³/mol. The van der Waals surface area contributed by atoms with Crippen LogP contribution in [0.3, 0.4) is 0 Å². The molecule has 0 radical (unpaired) electrons. The highest BCUT2D eigenvalue weighted by atomic mass is 31.2. The van der Waals surface area contributed by atoms with Crippen molar-refractivity contribution in [2.24, 2.45) is 0 Å². The Morgan fingerprint density at radius 2 is 0.935 bits per heavy atom. The lowest BCUT2D eigenvalue weighted by Gasteiger charge is -2.37. The molecule has 0 saturated heterocycles. The Kier molecular flexibility index (Phi) is 12.6. The fourth-order valence-corrected chi connectivity index (χ4v) is 8.20. The minimum atomic E-state index is -3.32. The molecule has 260 valence electrons. The number of hydrogen-bond acceptors (Lipinski definition) is 3. The monoisotopic (exact) mass is 654 g/mol. The van der Waals surface area contributed by atoms with Gasteiger partial charge in [0.25, 0.3) is 0 Å². The molecular formula is C42H70O3P+. The van der Waals surface area contributed by atoms with E-state index < -0.39 is 7.94 Å². The van der Waals surface area contributed by atoms with Crippen LogP contribution >= 0.6 is 7.94 Å². The Hall–Kier alpha value is -1.57. The van der Waals surface area contributed by atoms with Crippen molar-refractivity contribution in [1.82, 2.24) is 0 Å². The maximum Gasteiger partial charge on any atom is 0.495 e. The van der Waals surface area contributed by atoms with Crippen molar-refractivity contribution >= 4 is 7.94 Å². The van der Waals surface area contributed by atoms with Crippen LogP contribution in [0.1, 0.15) is 200 Å². The molecule has 3 nitrogen and oxygen atoms in total. The highest BCUT2D eigenvalue weighted by molar-refractivity contribution is 7.61. The molecule has 0 amide bonds. The standard InChI is InChI=1S/C42H70O3P/c1-15-20-21-22-23-24-25-46(43)44-37-33(26-31(39(7,8)16-2)28-35(37)41(11,12)18-4)30(6)34-27-32(40(9,10)17-3)29-36(38(34)45-46)42(13,14)19-5/h26-30,43H,15-25H2,1-14H3/q+1. The van der Waals surface area contributed by atoms with E-state index in [9.17, 15) is 4.89 Å². The summed E-state index contributed by atoms with van der Waals surface area (Å²) in [7, 11) is -3.32. The molecule has 4 heteroatoms. The van der Waals surface area contributed by atoms with Crippen LogP contribution in [0.4, 0.5) is 0 Å². The molecule has 1 aliphatic rings. The second-order valence-electron chi connectivity index (χ2n) is 16.9. The molecule has 46 heavy (non-hydrogen) atoms. The first-order chi connectivity index (χ1) is 21.3. The van der Waals surface area contributed by atoms with E-state index in [2.05, 4.69) is 121 Å². The van der Waals surface area contributed by atoms with Crippen LogP contribution in [0.5, 0.6) is 11.5 Å². The van der Waals surface area contributed by atoms with Gasteiger partial charge in [0, 0.05) is 28.2 Å². The van der Waals surface area contributed by atoms with E-state index in [1.54, 1.807) is 0 Å². The van der Waals surface area contributed by atoms with E-state index >= 15 is 0 Å². The minimum Gasteiger partial charge on any atom is -0.277 e. The number of fused-ring (bicyclic) bond motifs is 2.